The largest absolute Gasteiger partial charge is 0.508 e. The fourth-order valence-corrected chi connectivity index (χ4v) is 1.74. The summed E-state index contributed by atoms with van der Waals surface area (Å²) in [5.41, 5.74) is 2.06. The molecule has 2 nitrogen and oxygen atoms in total. The zero-order valence-corrected chi connectivity index (χ0v) is 14.6. The average molecular weight is 300 g/mol. The van der Waals surface area contributed by atoms with Crippen molar-refractivity contribution in [2.75, 3.05) is 0 Å². The van der Waals surface area contributed by atoms with E-state index in [4.69, 9.17) is 9.52 Å². The van der Waals surface area contributed by atoms with Crippen molar-refractivity contribution >= 4 is 11.0 Å². The van der Waals surface area contributed by atoms with Crippen molar-refractivity contribution in [1.82, 2.24) is 0 Å². The predicted molar refractivity (Wildman–Crippen MR) is 96.5 cm³/mol. The maximum Gasteiger partial charge on any atom is 0.134 e. The van der Waals surface area contributed by atoms with Crippen molar-refractivity contribution in [3.63, 3.8) is 0 Å². The summed E-state index contributed by atoms with van der Waals surface area (Å²) in [6.07, 6.45) is 0. The number of para-hydroxylation sites is 1. The van der Waals surface area contributed by atoms with Gasteiger partial charge in [0.1, 0.15) is 17.1 Å². The fourth-order valence-electron chi connectivity index (χ4n) is 1.74. The van der Waals surface area contributed by atoms with Crippen molar-refractivity contribution in [3.05, 3.63) is 65.9 Å². The molecule has 0 aliphatic heterocycles. The van der Waals surface area contributed by atoms with Crippen molar-refractivity contribution in [2.24, 2.45) is 0 Å². The van der Waals surface area contributed by atoms with E-state index in [2.05, 4.69) is 0 Å². The summed E-state index contributed by atoms with van der Waals surface area (Å²) in [6, 6.07) is 17.2. The van der Waals surface area contributed by atoms with Gasteiger partial charge in [-0.2, -0.15) is 0 Å². The van der Waals surface area contributed by atoms with Crippen LogP contribution in [0.2, 0.25) is 0 Å². The van der Waals surface area contributed by atoms with Gasteiger partial charge in [-0.05, 0) is 43.7 Å². The third-order valence-corrected chi connectivity index (χ3v) is 2.55. The van der Waals surface area contributed by atoms with E-state index in [1.54, 1.807) is 12.1 Å². The third kappa shape index (κ3) is 6.98. The van der Waals surface area contributed by atoms with Gasteiger partial charge >= 0.3 is 0 Å². The molecule has 22 heavy (non-hydrogen) atoms. The van der Waals surface area contributed by atoms with Gasteiger partial charge < -0.3 is 9.52 Å². The molecule has 0 atom stereocenters. The number of benzene rings is 2. The Morgan fingerprint density at radius 2 is 1.41 bits per heavy atom. The Balaban J connectivity index is 0.000000333. The van der Waals surface area contributed by atoms with Gasteiger partial charge in [0.15, 0.2) is 0 Å². The Labute approximate surface area is 134 Å². The first-order chi connectivity index (χ1) is 10.6. The Hall–Kier alpha value is -2.22. The maximum atomic E-state index is 8.81. The van der Waals surface area contributed by atoms with Crippen LogP contribution in [-0.2, 0) is 0 Å². The summed E-state index contributed by atoms with van der Waals surface area (Å²) < 4.78 is 5.37. The lowest BCUT2D eigenvalue weighted by molar-refractivity contribution is 0.475. The van der Waals surface area contributed by atoms with E-state index in [0.717, 1.165) is 16.9 Å². The molecule has 0 saturated heterocycles. The molecule has 3 aromatic rings. The number of hydrogen-bond acceptors (Lipinski definition) is 2. The van der Waals surface area contributed by atoms with Gasteiger partial charge in [-0.1, -0.05) is 58.0 Å². The van der Waals surface area contributed by atoms with Crippen LogP contribution in [0.4, 0.5) is 0 Å². The van der Waals surface area contributed by atoms with Crippen molar-refractivity contribution in [3.8, 4) is 5.75 Å². The number of hydrogen-bond donors (Lipinski definition) is 1. The number of aromatic hydroxyl groups is 1. The Morgan fingerprint density at radius 1 is 0.773 bits per heavy atom. The molecule has 3 rings (SSSR count). The van der Waals surface area contributed by atoms with Crippen molar-refractivity contribution < 1.29 is 9.52 Å². The molecule has 0 bridgehead atoms. The molecule has 0 radical (unpaired) electrons. The summed E-state index contributed by atoms with van der Waals surface area (Å²) in [5, 5.41) is 9.99. The summed E-state index contributed by atoms with van der Waals surface area (Å²) in [5.74, 6) is 1.31. The van der Waals surface area contributed by atoms with Crippen LogP contribution >= 0.6 is 0 Å². The Kier molecular flexibility index (Phi) is 10.3. The molecule has 1 aromatic heterocycles. The zero-order valence-electron chi connectivity index (χ0n) is 14.6. The normalized spacial score (nSPS) is 8.64. The van der Waals surface area contributed by atoms with Gasteiger partial charge in [-0.15, -0.1) is 0 Å². The molecule has 120 valence electrons. The molecule has 0 saturated carbocycles. The van der Waals surface area contributed by atoms with Gasteiger partial charge in [0, 0.05) is 5.39 Å². The van der Waals surface area contributed by atoms with E-state index in [1.165, 1.54) is 5.39 Å². The minimum atomic E-state index is 0.338. The topological polar surface area (TPSA) is 33.4 Å². The maximum absolute atomic E-state index is 8.81. The van der Waals surface area contributed by atoms with E-state index >= 15 is 0 Å². The Bertz CT molecular complexity index is 589. The molecule has 1 heterocycles. The zero-order chi connectivity index (χ0) is 17.0. The monoisotopic (exact) mass is 300 g/mol. The first-order valence-corrected chi connectivity index (χ1v) is 7.86. The molecule has 0 aliphatic rings. The number of fused-ring (bicyclic) bond motifs is 1. The standard InChI is InChI=1S/C9H8O.C7H8O.2C2H6/c1-7-6-8-4-2-3-5-9(8)10-7;1-6-3-2-4-7(8)5-6;2*1-2/h2-6H,1H3;2-5,8H,1H3;2*1-2H3. The summed E-state index contributed by atoms with van der Waals surface area (Å²) in [6.45, 7) is 11.9. The van der Waals surface area contributed by atoms with Crippen LogP contribution in [0.5, 0.6) is 5.75 Å². The molecule has 0 amide bonds. The van der Waals surface area contributed by atoms with Gasteiger partial charge in [-0.3, -0.25) is 0 Å². The summed E-state index contributed by atoms with van der Waals surface area (Å²) in [7, 11) is 0. The number of phenols is 1. The SMILES string of the molecule is CC.CC.Cc1cc2ccccc2o1.Cc1cccc(O)c1. The molecule has 1 N–H and O–H groups in total. The number of phenolic OH excluding ortho intramolecular Hbond substituents is 1. The second-order valence-electron chi connectivity index (χ2n) is 4.23. The Morgan fingerprint density at radius 3 is 1.91 bits per heavy atom. The van der Waals surface area contributed by atoms with Crippen LogP contribution in [0.15, 0.2) is 59.0 Å². The lowest BCUT2D eigenvalue weighted by atomic mass is 10.2. The van der Waals surface area contributed by atoms with Crippen molar-refractivity contribution in [1.29, 1.82) is 0 Å². The highest BCUT2D eigenvalue weighted by Crippen LogP contribution is 2.17. The highest BCUT2D eigenvalue weighted by molar-refractivity contribution is 5.77. The lowest BCUT2D eigenvalue weighted by Crippen LogP contribution is -1.66. The number of rotatable bonds is 0. The molecular formula is C20H28O2. The van der Waals surface area contributed by atoms with Crippen LogP contribution in [0.3, 0.4) is 0 Å². The minimum absolute atomic E-state index is 0.338. The summed E-state index contributed by atoms with van der Waals surface area (Å²) >= 11 is 0. The van der Waals surface area contributed by atoms with E-state index < -0.39 is 0 Å². The quantitative estimate of drug-likeness (QED) is 0.514. The molecule has 0 aliphatic carbocycles. The minimum Gasteiger partial charge on any atom is -0.508 e. The van der Waals surface area contributed by atoms with Crippen molar-refractivity contribution in [2.45, 2.75) is 41.5 Å². The highest BCUT2D eigenvalue weighted by Gasteiger charge is 1.95. The van der Waals surface area contributed by atoms with Gasteiger partial charge in [-0.25, -0.2) is 0 Å². The molecule has 0 spiro atoms. The molecule has 2 heteroatoms. The third-order valence-electron chi connectivity index (χ3n) is 2.55. The van der Waals surface area contributed by atoms with E-state index in [0.29, 0.717) is 5.75 Å². The average Bonchev–Trinajstić information content (AvgIpc) is 2.92. The smallest absolute Gasteiger partial charge is 0.134 e. The van der Waals surface area contributed by atoms with Crippen LogP contribution < -0.4 is 0 Å². The van der Waals surface area contributed by atoms with E-state index in [-0.39, 0.29) is 0 Å². The van der Waals surface area contributed by atoms with Gasteiger partial charge in [0.2, 0.25) is 0 Å². The second kappa shape index (κ2) is 11.4. The van der Waals surface area contributed by atoms with Crippen LogP contribution in [0.1, 0.15) is 39.0 Å². The molecule has 0 unspecified atom stereocenters. The first kappa shape index (κ1) is 19.8. The fraction of sp³-hybridized carbons (Fsp3) is 0.300. The van der Waals surface area contributed by atoms with E-state index in [1.807, 2.05) is 84.0 Å². The van der Waals surface area contributed by atoms with E-state index in [9.17, 15) is 0 Å². The van der Waals surface area contributed by atoms with Gasteiger partial charge in [0.05, 0.1) is 0 Å². The predicted octanol–water partition coefficient (Wildman–Crippen LogP) is 6.49. The number of aryl methyl sites for hydroxylation is 2. The molecule has 2 aromatic carbocycles. The van der Waals surface area contributed by atoms with Crippen LogP contribution in [0.25, 0.3) is 11.0 Å². The van der Waals surface area contributed by atoms with Crippen LogP contribution in [-0.4, -0.2) is 5.11 Å². The van der Waals surface area contributed by atoms with Gasteiger partial charge in [0.25, 0.3) is 0 Å². The molecular weight excluding hydrogens is 272 g/mol. The first-order valence-electron chi connectivity index (χ1n) is 7.86. The number of furan rings is 1. The van der Waals surface area contributed by atoms with Crippen LogP contribution in [0, 0.1) is 13.8 Å². The lowest BCUT2D eigenvalue weighted by Gasteiger charge is -1.89. The second-order valence-corrected chi connectivity index (χ2v) is 4.23. The summed E-state index contributed by atoms with van der Waals surface area (Å²) in [4.78, 5) is 0. The highest BCUT2D eigenvalue weighted by atomic mass is 16.3. The molecule has 0 fully saturated rings.